The van der Waals surface area contributed by atoms with Crippen molar-refractivity contribution in [3.05, 3.63) is 25.6 Å². The maximum absolute atomic E-state index is 11.0. The van der Waals surface area contributed by atoms with Crippen LogP contribution in [0.3, 0.4) is 0 Å². The average Bonchev–Trinajstić information content (AvgIpc) is 2.91. The van der Waals surface area contributed by atoms with E-state index in [4.69, 9.17) is 9.84 Å². The molecule has 0 aromatic heterocycles. The Morgan fingerprint density at radius 1 is 1.28 bits per heavy atom. The van der Waals surface area contributed by atoms with Crippen LogP contribution in [-0.2, 0) is 17.6 Å². The van der Waals surface area contributed by atoms with E-state index in [0.717, 1.165) is 34.0 Å². The molecule has 0 amide bonds. The maximum atomic E-state index is 11.0. The van der Waals surface area contributed by atoms with Crippen LogP contribution in [-0.4, -0.2) is 17.7 Å². The molecule has 18 heavy (non-hydrogen) atoms. The van der Waals surface area contributed by atoms with Gasteiger partial charge in [-0.3, -0.25) is 4.79 Å². The van der Waals surface area contributed by atoms with Crippen molar-refractivity contribution in [2.45, 2.75) is 31.6 Å². The number of hydrogen-bond donors (Lipinski definition) is 1. The summed E-state index contributed by atoms with van der Waals surface area (Å²) in [6.07, 6.45) is 2.97. The predicted molar refractivity (Wildman–Crippen MR) is 74.4 cm³/mol. The third kappa shape index (κ3) is 1.79. The number of hydrogen-bond acceptors (Lipinski definition) is 2. The van der Waals surface area contributed by atoms with Gasteiger partial charge in [0.1, 0.15) is 5.75 Å². The van der Waals surface area contributed by atoms with Crippen molar-refractivity contribution < 1.29 is 14.6 Å². The molecular weight excluding hydrogens is 364 g/mol. The first-order valence-electron chi connectivity index (χ1n) is 5.96. The van der Waals surface area contributed by atoms with E-state index in [-0.39, 0.29) is 12.3 Å². The van der Waals surface area contributed by atoms with Crippen LogP contribution in [0, 0.1) is 0 Å². The zero-order valence-corrected chi connectivity index (χ0v) is 12.8. The molecule has 1 unspecified atom stereocenters. The van der Waals surface area contributed by atoms with Gasteiger partial charge in [0.05, 0.1) is 17.5 Å². The number of benzene rings is 1. The van der Waals surface area contributed by atoms with Crippen molar-refractivity contribution in [2.75, 3.05) is 6.61 Å². The zero-order chi connectivity index (χ0) is 12.9. The van der Waals surface area contributed by atoms with Crippen molar-refractivity contribution in [1.82, 2.24) is 0 Å². The summed E-state index contributed by atoms with van der Waals surface area (Å²) in [5.74, 6) is 0.315. The predicted octanol–water partition coefficient (Wildman–Crippen LogP) is 3.65. The Morgan fingerprint density at radius 3 is 2.78 bits per heavy atom. The van der Waals surface area contributed by atoms with Gasteiger partial charge >= 0.3 is 5.97 Å². The van der Waals surface area contributed by atoms with Crippen LogP contribution in [0.25, 0.3) is 0 Å². The topological polar surface area (TPSA) is 46.5 Å². The van der Waals surface area contributed by atoms with Crippen molar-refractivity contribution >= 4 is 37.8 Å². The molecule has 0 saturated heterocycles. The second-order valence-electron chi connectivity index (χ2n) is 4.76. The van der Waals surface area contributed by atoms with Crippen LogP contribution < -0.4 is 4.74 Å². The van der Waals surface area contributed by atoms with Crippen LogP contribution in [0.15, 0.2) is 8.95 Å². The smallest absolute Gasteiger partial charge is 0.303 e. The number of fused-ring (bicyclic) bond motifs is 3. The molecule has 2 aliphatic rings. The second-order valence-corrected chi connectivity index (χ2v) is 6.35. The summed E-state index contributed by atoms with van der Waals surface area (Å²) in [5.41, 5.74) is 3.70. The van der Waals surface area contributed by atoms with Gasteiger partial charge in [-0.25, -0.2) is 0 Å². The summed E-state index contributed by atoms with van der Waals surface area (Å²) >= 11 is 7.17. The highest BCUT2D eigenvalue weighted by molar-refractivity contribution is 9.13. The summed E-state index contributed by atoms with van der Waals surface area (Å²) in [7, 11) is 0. The van der Waals surface area contributed by atoms with Crippen molar-refractivity contribution in [3.8, 4) is 5.75 Å². The van der Waals surface area contributed by atoms with E-state index in [1.807, 2.05) is 0 Å². The van der Waals surface area contributed by atoms with E-state index in [0.29, 0.717) is 6.61 Å². The van der Waals surface area contributed by atoms with Crippen molar-refractivity contribution in [1.29, 1.82) is 0 Å². The standard InChI is InChI=1S/C13H12Br2O3/c14-11-7-2-1-6(5-9(16)17)10(7)8-3-4-18-13(8)12(11)15/h6H,1-5H2,(H,16,17). The van der Waals surface area contributed by atoms with Crippen LogP contribution in [0.5, 0.6) is 5.75 Å². The van der Waals surface area contributed by atoms with Gasteiger partial charge in [-0.1, -0.05) is 0 Å². The molecule has 0 spiro atoms. The Labute approximate surface area is 122 Å². The quantitative estimate of drug-likeness (QED) is 0.858. The van der Waals surface area contributed by atoms with Crippen LogP contribution in [0.4, 0.5) is 0 Å². The third-order valence-corrected chi connectivity index (χ3v) is 5.92. The van der Waals surface area contributed by atoms with Gasteiger partial charge in [0.2, 0.25) is 0 Å². The average molecular weight is 376 g/mol. The van der Waals surface area contributed by atoms with Crippen molar-refractivity contribution in [3.63, 3.8) is 0 Å². The summed E-state index contributed by atoms with van der Waals surface area (Å²) in [6.45, 7) is 0.691. The minimum atomic E-state index is -0.723. The first kappa shape index (κ1) is 12.5. The van der Waals surface area contributed by atoms with Crippen molar-refractivity contribution in [2.24, 2.45) is 0 Å². The van der Waals surface area contributed by atoms with E-state index in [9.17, 15) is 4.79 Å². The molecule has 1 aliphatic heterocycles. The number of ether oxygens (including phenoxy) is 1. The number of carboxylic acid groups (broad SMARTS) is 1. The molecule has 1 heterocycles. The van der Waals surface area contributed by atoms with Crippen LogP contribution >= 0.6 is 31.9 Å². The Balaban J connectivity index is 2.15. The molecule has 3 nitrogen and oxygen atoms in total. The lowest BCUT2D eigenvalue weighted by atomic mass is 9.92. The molecule has 1 N–H and O–H groups in total. The molecule has 0 saturated carbocycles. The van der Waals surface area contributed by atoms with Crippen LogP contribution in [0.2, 0.25) is 0 Å². The van der Waals surface area contributed by atoms with Gasteiger partial charge in [-0.05, 0) is 61.7 Å². The largest absolute Gasteiger partial charge is 0.492 e. The monoisotopic (exact) mass is 374 g/mol. The Morgan fingerprint density at radius 2 is 2.06 bits per heavy atom. The molecule has 0 bridgehead atoms. The van der Waals surface area contributed by atoms with Gasteiger partial charge in [-0.15, -0.1) is 0 Å². The highest BCUT2D eigenvalue weighted by Crippen LogP contribution is 2.50. The molecule has 1 aliphatic carbocycles. The van der Waals surface area contributed by atoms with Gasteiger partial charge in [0.15, 0.2) is 0 Å². The fourth-order valence-electron chi connectivity index (χ4n) is 3.06. The first-order chi connectivity index (χ1) is 8.59. The summed E-state index contributed by atoms with van der Waals surface area (Å²) < 4.78 is 7.67. The fraction of sp³-hybridized carbons (Fsp3) is 0.462. The molecule has 1 aromatic rings. The lowest BCUT2D eigenvalue weighted by molar-refractivity contribution is -0.137. The molecule has 1 aromatic carbocycles. The summed E-state index contributed by atoms with van der Waals surface area (Å²) in [4.78, 5) is 11.0. The maximum Gasteiger partial charge on any atom is 0.303 e. The number of halogens is 2. The number of aliphatic carboxylic acids is 1. The summed E-state index contributed by atoms with van der Waals surface area (Å²) in [5, 5.41) is 9.02. The SMILES string of the molecule is O=C(O)CC1CCc2c(Br)c(Br)c3c(c21)CCO3. The van der Waals surface area contributed by atoms with E-state index in [1.165, 1.54) is 16.7 Å². The Hall–Kier alpha value is -0.550. The lowest BCUT2D eigenvalue weighted by Crippen LogP contribution is -2.05. The number of carboxylic acids is 1. The summed E-state index contributed by atoms with van der Waals surface area (Å²) in [6, 6.07) is 0. The second kappa shape index (κ2) is 4.53. The number of carbonyl (C=O) groups is 1. The molecular formula is C13H12Br2O3. The van der Waals surface area contributed by atoms with E-state index < -0.39 is 5.97 Å². The highest BCUT2D eigenvalue weighted by atomic mass is 79.9. The molecule has 0 fully saturated rings. The Bertz CT molecular complexity index is 540. The molecule has 5 heteroatoms. The highest BCUT2D eigenvalue weighted by Gasteiger charge is 2.34. The van der Waals surface area contributed by atoms with Gasteiger partial charge in [0.25, 0.3) is 0 Å². The minimum absolute atomic E-state index is 0.136. The van der Waals surface area contributed by atoms with E-state index in [1.54, 1.807) is 0 Å². The molecule has 1 atom stereocenters. The molecule has 0 radical (unpaired) electrons. The zero-order valence-electron chi connectivity index (χ0n) is 9.63. The van der Waals surface area contributed by atoms with Gasteiger partial charge in [0, 0.05) is 16.5 Å². The Kier molecular flexibility index (Phi) is 3.14. The molecule has 96 valence electrons. The normalized spacial score (nSPS) is 20.4. The lowest BCUT2D eigenvalue weighted by Gasteiger charge is -2.15. The minimum Gasteiger partial charge on any atom is -0.492 e. The van der Waals surface area contributed by atoms with E-state index in [2.05, 4.69) is 31.9 Å². The molecule has 3 rings (SSSR count). The van der Waals surface area contributed by atoms with E-state index >= 15 is 0 Å². The number of rotatable bonds is 2. The first-order valence-corrected chi connectivity index (χ1v) is 7.55. The fourth-order valence-corrected chi connectivity index (χ4v) is 4.24. The van der Waals surface area contributed by atoms with Gasteiger partial charge < -0.3 is 9.84 Å². The third-order valence-electron chi connectivity index (χ3n) is 3.75. The van der Waals surface area contributed by atoms with Crippen LogP contribution in [0.1, 0.15) is 35.4 Å². The van der Waals surface area contributed by atoms with Gasteiger partial charge in [-0.2, -0.15) is 0 Å².